The van der Waals surface area contributed by atoms with Crippen LogP contribution in [0.1, 0.15) is 29.3 Å². The maximum absolute atomic E-state index is 5.59. The van der Waals surface area contributed by atoms with Crippen molar-refractivity contribution in [3.05, 3.63) is 40.1 Å². The Morgan fingerprint density at radius 3 is 2.41 bits per heavy atom. The molecule has 2 aromatic rings. The van der Waals surface area contributed by atoms with E-state index in [1.807, 2.05) is 30.5 Å². The summed E-state index contributed by atoms with van der Waals surface area (Å²) in [6.07, 6.45) is 3.33. The standard InChI is InChI=1S/C23H34N4O3S.HI/c1-24-23(26-16-18(20-8-7-15-31-20)27-13-5-6-14-27)25-12-11-17-9-10-19(28-2)22(30-4)21(17)29-3;/h7-10,15,18H,5-6,11-14,16H2,1-4H3,(H2,24,25,26);1H. The van der Waals surface area contributed by atoms with E-state index >= 15 is 0 Å². The molecule has 178 valence electrons. The molecule has 1 aromatic carbocycles. The van der Waals surface area contributed by atoms with Crippen molar-refractivity contribution in [3.8, 4) is 17.2 Å². The number of nitrogens with one attached hydrogen (secondary N) is 2. The SMILES string of the molecule is CN=C(NCCc1ccc(OC)c(OC)c1OC)NCC(c1cccs1)N1CCCC1.I. The fourth-order valence-electron chi connectivity index (χ4n) is 4.03. The molecule has 1 aromatic heterocycles. The van der Waals surface area contributed by atoms with E-state index in [0.29, 0.717) is 23.3 Å². The number of halogens is 1. The number of rotatable bonds is 10. The lowest BCUT2D eigenvalue weighted by Crippen LogP contribution is -2.43. The molecule has 0 bridgehead atoms. The van der Waals surface area contributed by atoms with Gasteiger partial charge in [0, 0.05) is 30.6 Å². The monoisotopic (exact) mass is 574 g/mol. The van der Waals surface area contributed by atoms with E-state index in [9.17, 15) is 0 Å². The molecular weight excluding hydrogens is 539 g/mol. The Morgan fingerprint density at radius 1 is 1.06 bits per heavy atom. The summed E-state index contributed by atoms with van der Waals surface area (Å²) in [4.78, 5) is 8.38. The molecule has 2 heterocycles. The molecule has 7 nitrogen and oxygen atoms in total. The van der Waals surface area contributed by atoms with Crippen LogP contribution in [0.5, 0.6) is 17.2 Å². The van der Waals surface area contributed by atoms with Crippen LogP contribution in [-0.2, 0) is 6.42 Å². The summed E-state index contributed by atoms with van der Waals surface area (Å²) < 4.78 is 16.4. The summed E-state index contributed by atoms with van der Waals surface area (Å²) in [5.74, 6) is 2.79. The van der Waals surface area contributed by atoms with Gasteiger partial charge in [0.05, 0.1) is 27.4 Å². The minimum Gasteiger partial charge on any atom is -0.493 e. The van der Waals surface area contributed by atoms with Crippen molar-refractivity contribution in [2.75, 3.05) is 54.6 Å². The maximum Gasteiger partial charge on any atom is 0.203 e. The zero-order valence-electron chi connectivity index (χ0n) is 19.3. The highest BCUT2D eigenvalue weighted by molar-refractivity contribution is 14.0. The van der Waals surface area contributed by atoms with Gasteiger partial charge >= 0.3 is 0 Å². The van der Waals surface area contributed by atoms with Crippen LogP contribution in [-0.4, -0.2) is 65.4 Å². The van der Waals surface area contributed by atoms with Crippen molar-refractivity contribution in [3.63, 3.8) is 0 Å². The molecule has 1 fully saturated rings. The fourth-order valence-corrected chi connectivity index (χ4v) is 4.89. The number of guanidine groups is 1. The average Bonchev–Trinajstić information content (AvgIpc) is 3.52. The van der Waals surface area contributed by atoms with Gasteiger partial charge in [-0.3, -0.25) is 9.89 Å². The van der Waals surface area contributed by atoms with Crippen LogP contribution in [0.2, 0.25) is 0 Å². The molecule has 9 heteroatoms. The molecule has 2 N–H and O–H groups in total. The quantitative estimate of drug-likeness (QED) is 0.255. The molecule has 3 rings (SSSR count). The number of aliphatic imine (C=N–C) groups is 1. The normalized spacial score (nSPS) is 15.1. The number of ether oxygens (including phenoxy) is 3. The van der Waals surface area contributed by atoms with Gasteiger partial charge in [0.25, 0.3) is 0 Å². The number of methoxy groups -OCH3 is 3. The molecule has 1 aliphatic heterocycles. The van der Waals surface area contributed by atoms with Crippen LogP contribution >= 0.6 is 35.3 Å². The molecule has 1 atom stereocenters. The van der Waals surface area contributed by atoms with E-state index in [-0.39, 0.29) is 24.0 Å². The number of hydrogen-bond donors (Lipinski definition) is 2. The van der Waals surface area contributed by atoms with E-state index in [0.717, 1.165) is 44.1 Å². The predicted molar refractivity (Wildman–Crippen MR) is 142 cm³/mol. The van der Waals surface area contributed by atoms with Crippen LogP contribution in [0.25, 0.3) is 0 Å². The third-order valence-electron chi connectivity index (χ3n) is 5.61. The largest absolute Gasteiger partial charge is 0.493 e. The Kier molecular flexibility index (Phi) is 11.4. The topological polar surface area (TPSA) is 67.4 Å². The van der Waals surface area contributed by atoms with E-state index in [2.05, 4.69) is 38.0 Å². The Bertz CT molecular complexity index is 842. The molecule has 0 amide bonds. The zero-order valence-corrected chi connectivity index (χ0v) is 22.5. The summed E-state index contributed by atoms with van der Waals surface area (Å²) in [6, 6.07) is 8.66. The fraction of sp³-hybridized carbons (Fsp3) is 0.522. The van der Waals surface area contributed by atoms with Crippen molar-refractivity contribution in [2.45, 2.75) is 25.3 Å². The van der Waals surface area contributed by atoms with Gasteiger partial charge in [-0.2, -0.15) is 0 Å². The third-order valence-corrected chi connectivity index (χ3v) is 6.59. The summed E-state index contributed by atoms with van der Waals surface area (Å²) >= 11 is 1.82. The first-order valence-electron chi connectivity index (χ1n) is 10.7. The van der Waals surface area contributed by atoms with Crippen LogP contribution < -0.4 is 24.8 Å². The number of likely N-dealkylation sites (tertiary alicyclic amines) is 1. The summed E-state index contributed by atoms with van der Waals surface area (Å²) in [5.41, 5.74) is 1.05. The number of nitrogens with zero attached hydrogens (tertiary/aromatic N) is 2. The summed E-state index contributed by atoms with van der Waals surface area (Å²) in [6.45, 7) is 3.88. The van der Waals surface area contributed by atoms with E-state index in [1.165, 1.54) is 17.7 Å². The molecule has 0 spiro atoms. The first-order chi connectivity index (χ1) is 15.2. The lowest BCUT2D eigenvalue weighted by molar-refractivity contribution is 0.249. The number of thiophene rings is 1. The van der Waals surface area contributed by atoms with E-state index < -0.39 is 0 Å². The smallest absolute Gasteiger partial charge is 0.203 e. The lowest BCUT2D eigenvalue weighted by atomic mass is 10.1. The zero-order chi connectivity index (χ0) is 22.1. The predicted octanol–water partition coefficient (Wildman–Crippen LogP) is 3.94. The number of benzene rings is 1. The van der Waals surface area contributed by atoms with Gasteiger partial charge in [-0.05, 0) is 49.9 Å². The van der Waals surface area contributed by atoms with Gasteiger partial charge in [-0.15, -0.1) is 35.3 Å². The molecule has 1 aliphatic rings. The lowest BCUT2D eigenvalue weighted by Gasteiger charge is -2.27. The van der Waals surface area contributed by atoms with Gasteiger partial charge in [0.15, 0.2) is 17.5 Å². The van der Waals surface area contributed by atoms with Gasteiger partial charge in [0.2, 0.25) is 5.75 Å². The van der Waals surface area contributed by atoms with Crippen molar-refractivity contribution in [1.82, 2.24) is 15.5 Å². The first kappa shape index (κ1) is 26.5. The molecule has 0 radical (unpaired) electrons. The van der Waals surface area contributed by atoms with Gasteiger partial charge in [0.1, 0.15) is 0 Å². The van der Waals surface area contributed by atoms with Crippen molar-refractivity contribution in [2.24, 2.45) is 4.99 Å². The van der Waals surface area contributed by atoms with E-state index in [1.54, 1.807) is 21.3 Å². The Hall–Kier alpha value is -1.72. The second-order valence-electron chi connectivity index (χ2n) is 7.40. The molecule has 1 saturated heterocycles. The Labute approximate surface area is 212 Å². The van der Waals surface area contributed by atoms with Gasteiger partial charge in [-0.1, -0.05) is 12.1 Å². The van der Waals surface area contributed by atoms with Crippen LogP contribution in [0.4, 0.5) is 0 Å². The third kappa shape index (κ3) is 6.64. The molecular formula is C23H35IN4O3S. The molecule has 0 saturated carbocycles. The average molecular weight is 575 g/mol. The van der Waals surface area contributed by atoms with E-state index in [4.69, 9.17) is 14.2 Å². The van der Waals surface area contributed by atoms with Crippen LogP contribution in [0.15, 0.2) is 34.6 Å². The Morgan fingerprint density at radius 2 is 1.81 bits per heavy atom. The molecule has 32 heavy (non-hydrogen) atoms. The van der Waals surface area contributed by atoms with Crippen molar-refractivity contribution >= 4 is 41.3 Å². The van der Waals surface area contributed by atoms with Gasteiger partial charge in [-0.25, -0.2) is 0 Å². The van der Waals surface area contributed by atoms with Crippen molar-refractivity contribution in [1.29, 1.82) is 0 Å². The van der Waals surface area contributed by atoms with Crippen LogP contribution in [0, 0.1) is 0 Å². The minimum absolute atomic E-state index is 0. The second-order valence-corrected chi connectivity index (χ2v) is 8.38. The second kappa shape index (κ2) is 13.7. The van der Waals surface area contributed by atoms with Crippen LogP contribution in [0.3, 0.4) is 0 Å². The number of hydrogen-bond acceptors (Lipinski definition) is 6. The summed E-state index contributed by atoms with van der Waals surface area (Å²) in [5, 5.41) is 9.10. The Balaban J connectivity index is 0.00000363. The van der Waals surface area contributed by atoms with Gasteiger partial charge < -0.3 is 24.8 Å². The minimum atomic E-state index is 0. The molecule has 0 aliphatic carbocycles. The highest BCUT2D eigenvalue weighted by Crippen LogP contribution is 2.39. The highest BCUT2D eigenvalue weighted by Gasteiger charge is 2.24. The first-order valence-corrected chi connectivity index (χ1v) is 11.6. The molecule has 1 unspecified atom stereocenters. The highest BCUT2D eigenvalue weighted by atomic mass is 127. The summed E-state index contributed by atoms with van der Waals surface area (Å²) in [7, 11) is 6.71. The van der Waals surface area contributed by atoms with Crippen molar-refractivity contribution < 1.29 is 14.2 Å². The maximum atomic E-state index is 5.59.